The van der Waals surface area contributed by atoms with Crippen molar-refractivity contribution in [2.45, 2.75) is 12.8 Å². The van der Waals surface area contributed by atoms with Crippen LogP contribution >= 0.6 is 0 Å². The van der Waals surface area contributed by atoms with Gasteiger partial charge in [0.05, 0.1) is 11.8 Å². The Kier molecular flexibility index (Phi) is 4.07. The summed E-state index contributed by atoms with van der Waals surface area (Å²) in [6, 6.07) is 7.45. The molecule has 0 radical (unpaired) electrons. The van der Waals surface area contributed by atoms with Crippen molar-refractivity contribution in [3.05, 3.63) is 59.9 Å². The molecular weight excluding hydrogens is 329 g/mol. The first-order chi connectivity index (χ1) is 11.4. The topological polar surface area (TPSA) is 78.4 Å². The quantitative estimate of drug-likeness (QED) is 0.675. The summed E-state index contributed by atoms with van der Waals surface area (Å²) >= 11 is 0. The summed E-state index contributed by atoms with van der Waals surface area (Å²) in [7, 11) is 0. The molecule has 24 heavy (non-hydrogen) atoms. The average molecular weight is 338 g/mol. The minimum Gasteiger partial charge on any atom is -0.457 e. The molecule has 3 aromatic rings. The summed E-state index contributed by atoms with van der Waals surface area (Å²) in [6.07, 6.45) is -3.16. The van der Waals surface area contributed by atoms with Crippen molar-refractivity contribution in [3.8, 4) is 11.4 Å². The summed E-state index contributed by atoms with van der Waals surface area (Å²) in [6.45, 7) is -0.328. The predicted octanol–water partition coefficient (Wildman–Crippen LogP) is 3.71. The molecule has 0 N–H and O–H groups in total. The molecule has 0 aliphatic rings. The van der Waals surface area contributed by atoms with Crippen molar-refractivity contribution in [2.75, 3.05) is 0 Å². The summed E-state index contributed by atoms with van der Waals surface area (Å²) in [4.78, 5) is 15.5. The van der Waals surface area contributed by atoms with Gasteiger partial charge in [-0.3, -0.25) is 0 Å². The molecule has 0 aliphatic carbocycles. The number of benzene rings is 1. The molecule has 2 aromatic heterocycles. The molecule has 0 fully saturated rings. The van der Waals surface area contributed by atoms with E-state index in [9.17, 15) is 18.0 Å². The molecule has 0 saturated heterocycles. The summed E-state index contributed by atoms with van der Waals surface area (Å²) < 4.78 is 52.7. The number of rotatable bonds is 4. The van der Waals surface area contributed by atoms with E-state index in [0.717, 1.165) is 12.1 Å². The van der Waals surface area contributed by atoms with Crippen LogP contribution in [0.2, 0.25) is 0 Å². The molecule has 6 nitrogen and oxygen atoms in total. The molecule has 0 spiro atoms. The number of carbonyl (C=O) groups is 1. The number of esters is 1. The van der Waals surface area contributed by atoms with Gasteiger partial charge in [0.15, 0.2) is 6.61 Å². The van der Waals surface area contributed by atoms with E-state index in [4.69, 9.17) is 13.7 Å². The van der Waals surface area contributed by atoms with E-state index < -0.39 is 17.7 Å². The Morgan fingerprint density at radius 1 is 1.21 bits per heavy atom. The molecule has 1 aromatic carbocycles. The third kappa shape index (κ3) is 3.45. The minimum absolute atomic E-state index is 0.00705. The number of ether oxygens (including phenoxy) is 1. The second-order valence-corrected chi connectivity index (χ2v) is 4.64. The van der Waals surface area contributed by atoms with E-state index in [1.165, 1.54) is 30.5 Å². The Balaban J connectivity index is 1.71. The van der Waals surface area contributed by atoms with Gasteiger partial charge in [-0.2, -0.15) is 18.2 Å². The fraction of sp³-hybridized carbons (Fsp3) is 0.133. The maximum Gasteiger partial charge on any atom is 0.416 e. The Morgan fingerprint density at radius 2 is 2.04 bits per heavy atom. The molecule has 124 valence electrons. The number of carbonyl (C=O) groups excluding carboxylic acids is 1. The Hall–Kier alpha value is -3.10. The van der Waals surface area contributed by atoms with Crippen LogP contribution in [0.5, 0.6) is 0 Å². The van der Waals surface area contributed by atoms with Crippen LogP contribution in [0.1, 0.15) is 22.0 Å². The maximum atomic E-state index is 12.7. The highest BCUT2D eigenvalue weighted by Gasteiger charge is 2.30. The second-order valence-electron chi connectivity index (χ2n) is 4.64. The SMILES string of the molecule is O=C(OCc1nc(-c2cccc(C(F)(F)F)c2)no1)c1ccco1. The van der Waals surface area contributed by atoms with E-state index in [-0.39, 0.29) is 29.6 Å². The van der Waals surface area contributed by atoms with Gasteiger partial charge in [0.1, 0.15) is 0 Å². The Bertz CT molecular complexity index is 841. The zero-order valence-electron chi connectivity index (χ0n) is 11.9. The molecule has 0 unspecified atom stereocenters. The number of nitrogens with zero attached hydrogens (tertiary/aromatic N) is 2. The third-order valence-electron chi connectivity index (χ3n) is 2.97. The van der Waals surface area contributed by atoms with Crippen molar-refractivity contribution < 1.29 is 31.6 Å². The number of hydrogen-bond acceptors (Lipinski definition) is 6. The number of halogens is 3. The lowest BCUT2D eigenvalue weighted by atomic mass is 10.1. The standard InChI is InChI=1S/C15H9F3N2O4/c16-15(17,18)10-4-1-3-9(7-10)13-19-12(24-20-13)8-23-14(21)11-5-2-6-22-11/h1-7H,8H2. The first-order valence-corrected chi connectivity index (χ1v) is 6.64. The van der Waals surface area contributed by atoms with Gasteiger partial charge in [-0.05, 0) is 24.3 Å². The Labute approximate surface area is 132 Å². The van der Waals surface area contributed by atoms with Crippen LogP contribution in [0.25, 0.3) is 11.4 Å². The van der Waals surface area contributed by atoms with Crippen LogP contribution in [-0.2, 0) is 17.5 Å². The van der Waals surface area contributed by atoms with Crippen LogP contribution in [-0.4, -0.2) is 16.1 Å². The highest BCUT2D eigenvalue weighted by atomic mass is 19.4. The van der Waals surface area contributed by atoms with Crippen molar-refractivity contribution >= 4 is 5.97 Å². The monoisotopic (exact) mass is 338 g/mol. The highest BCUT2D eigenvalue weighted by molar-refractivity contribution is 5.86. The van der Waals surface area contributed by atoms with Crippen LogP contribution in [0.15, 0.2) is 51.6 Å². The lowest BCUT2D eigenvalue weighted by Crippen LogP contribution is -2.05. The zero-order chi connectivity index (χ0) is 17.2. The number of aromatic nitrogens is 2. The first kappa shape index (κ1) is 15.8. The number of alkyl halides is 3. The van der Waals surface area contributed by atoms with Gasteiger partial charge >= 0.3 is 12.1 Å². The van der Waals surface area contributed by atoms with Gasteiger partial charge in [0, 0.05) is 5.56 Å². The second kappa shape index (κ2) is 6.19. The predicted molar refractivity (Wildman–Crippen MR) is 72.6 cm³/mol. The third-order valence-corrected chi connectivity index (χ3v) is 2.97. The highest BCUT2D eigenvalue weighted by Crippen LogP contribution is 2.31. The van der Waals surface area contributed by atoms with E-state index in [1.807, 2.05) is 0 Å². The molecule has 2 heterocycles. The van der Waals surface area contributed by atoms with Gasteiger partial charge in [-0.15, -0.1) is 0 Å². The lowest BCUT2D eigenvalue weighted by molar-refractivity contribution is -0.137. The van der Waals surface area contributed by atoms with Gasteiger partial charge in [-0.25, -0.2) is 4.79 Å². The first-order valence-electron chi connectivity index (χ1n) is 6.64. The molecule has 9 heteroatoms. The molecule has 3 rings (SSSR count). The Morgan fingerprint density at radius 3 is 2.75 bits per heavy atom. The molecule has 0 aliphatic heterocycles. The molecule has 0 atom stereocenters. The van der Waals surface area contributed by atoms with Gasteiger partial charge in [-0.1, -0.05) is 17.3 Å². The van der Waals surface area contributed by atoms with Crippen molar-refractivity contribution in [3.63, 3.8) is 0 Å². The smallest absolute Gasteiger partial charge is 0.416 e. The number of hydrogen-bond donors (Lipinski definition) is 0. The average Bonchev–Trinajstić information content (AvgIpc) is 3.23. The van der Waals surface area contributed by atoms with E-state index in [0.29, 0.717) is 0 Å². The fourth-order valence-electron chi connectivity index (χ4n) is 1.86. The van der Waals surface area contributed by atoms with Gasteiger partial charge in [0.25, 0.3) is 5.89 Å². The number of furan rings is 1. The maximum absolute atomic E-state index is 12.7. The van der Waals surface area contributed by atoms with Crippen molar-refractivity contribution in [1.82, 2.24) is 10.1 Å². The molecule has 0 saturated carbocycles. The van der Waals surface area contributed by atoms with E-state index >= 15 is 0 Å². The lowest BCUT2D eigenvalue weighted by Gasteiger charge is -2.06. The minimum atomic E-state index is -4.47. The van der Waals surface area contributed by atoms with E-state index in [2.05, 4.69) is 10.1 Å². The van der Waals surface area contributed by atoms with Crippen molar-refractivity contribution in [2.24, 2.45) is 0 Å². The molecular formula is C15H9F3N2O4. The summed E-state index contributed by atoms with van der Waals surface area (Å²) in [5, 5.41) is 3.58. The van der Waals surface area contributed by atoms with Crippen LogP contribution in [0, 0.1) is 0 Å². The molecule has 0 bridgehead atoms. The normalized spacial score (nSPS) is 11.5. The van der Waals surface area contributed by atoms with E-state index in [1.54, 1.807) is 0 Å². The zero-order valence-corrected chi connectivity index (χ0v) is 11.9. The van der Waals surface area contributed by atoms with Crippen LogP contribution in [0.3, 0.4) is 0 Å². The van der Waals surface area contributed by atoms with Gasteiger partial charge in [0.2, 0.25) is 11.6 Å². The fourth-order valence-corrected chi connectivity index (χ4v) is 1.86. The summed E-state index contributed by atoms with van der Waals surface area (Å²) in [5.74, 6) is -0.807. The van der Waals surface area contributed by atoms with Crippen molar-refractivity contribution in [1.29, 1.82) is 0 Å². The van der Waals surface area contributed by atoms with Crippen LogP contribution in [0.4, 0.5) is 13.2 Å². The van der Waals surface area contributed by atoms with Gasteiger partial charge < -0.3 is 13.7 Å². The van der Waals surface area contributed by atoms with Crippen LogP contribution < -0.4 is 0 Å². The largest absolute Gasteiger partial charge is 0.457 e. The summed E-state index contributed by atoms with van der Waals surface area (Å²) in [5.41, 5.74) is -0.687. The molecule has 0 amide bonds.